The number of benzene rings is 1. The number of aliphatic hydroxyl groups is 1. The van der Waals surface area contributed by atoms with E-state index < -0.39 is 5.54 Å². The molecule has 7 heteroatoms. The van der Waals surface area contributed by atoms with Crippen molar-refractivity contribution in [2.75, 3.05) is 23.4 Å². The summed E-state index contributed by atoms with van der Waals surface area (Å²) in [6.07, 6.45) is 6.57. The number of rotatable bonds is 5. The molecule has 144 valence electrons. The standard InChI is InChI=1S/C21H22N4O3/c26-14-21(8-4-5-9-21)24-20(28)16-10-17-19(22-11-16)23-12-18(27)25(17)13-15-6-2-1-3-7-15/h1-7,10-11,26H,8-9,12-14H2,(H,22,23)(H,24,28). The van der Waals surface area contributed by atoms with Crippen LogP contribution in [0.5, 0.6) is 0 Å². The Kier molecular flexibility index (Phi) is 4.83. The van der Waals surface area contributed by atoms with Crippen molar-refractivity contribution in [3.63, 3.8) is 0 Å². The minimum atomic E-state index is -0.662. The second-order valence-electron chi connectivity index (χ2n) is 7.18. The van der Waals surface area contributed by atoms with Crippen molar-refractivity contribution in [1.29, 1.82) is 0 Å². The summed E-state index contributed by atoms with van der Waals surface area (Å²) in [5.74, 6) is 0.180. The summed E-state index contributed by atoms with van der Waals surface area (Å²) in [6, 6.07) is 11.4. The van der Waals surface area contributed by atoms with Gasteiger partial charge in [-0.1, -0.05) is 42.5 Å². The van der Waals surface area contributed by atoms with Crippen LogP contribution in [0.3, 0.4) is 0 Å². The first-order valence-corrected chi connectivity index (χ1v) is 9.27. The lowest BCUT2D eigenvalue weighted by molar-refractivity contribution is -0.117. The molecule has 1 aliphatic carbocycles. The van der Waals surface area contributed by atoms with Gasteiger partial charge in [0.1, 0.15) is 0 Å². The van der Waals surface area contributed by atoms with Gasteiger partial charge in [0, 0.05) is 6.20 Å². The summed E-state index contributed by atoms with van der Waals surface area (Å²) in [7, 11) is 0. The van der Waals surface area contributed by atoms with Crippen molar-refractivity contribution in [3.05, 3.63) is 65.9 Å². The number of anilines is 2. The quantitative estimate of drug-likeness (QED) is 0.691. The molecule has 0 saturated carbocycles. The molecule has 3 N–H and O–H groups in total. The van der Waals surface area contributed by atoms with Crippen molar-refractivity contribution in [3.8, 4) is 0 Å². The highest BCUT2D eigenvalue weighted by Gasteiger charge is 2.33. The van der Waals surface area contributed by atoms with E-state index in [9.17, 15) is 14.7 Å². The minimum absolute atomic E-state index is 0.0810. The zero-order valence-electron chi connectivity index (χ0n) is 15.4. The monoisotopic (exact) mass is 378 g/mol. The lowest BCUT2D eigenvalue weighted by Gasteiger charge is -2.31. The molecule has 0 radical (unpaired) electrons. The van der Waals surface area contributed by atoms with Crippen LogP contribution in [-0.4, -0.2) is 40.6 Å². The smallest absolute Gasteiger partial charge is 0.253 e. The Balaban J connectivity index is 1.60. The summed E-state index contributed by atoms with van der Waals surface area (Å²) < 4.78 is 0. The molecule has 0 unspecified atom stereocenters. The van der Waals surface area contributed by atoms with Crippen LogP contribution in [0.1, 0.15) is 28.8 Å². The average Bonchev–Trinajstić information content (AvgIpc) is 3.19. The van der Waals surface area contributed by atoms with E-state index >= 15 is 0 Å². The van der Waals surface area contributed by atoms with E-state index in [1.807, 2.05) is 42.5 Å². The van der Waals surface area contributed by atoms with Gasteiger partial charge in [-0.3, -0.25) is 9.59 Å². The topological polar surface area (TPSA) is 94.6 Å². The van der Waals surface area contributed by atoms with Gasteiger partial charge >= 0.3 is 0 Å². The van der Waals surface area contributed by atoms with E-state index in [4.69, 9.17) is 0 Å². The Bertz CT molecular complexity index is 919. The molecule has 2 heterocycles. The summed E-state index contributed by atoms with van der Waals surface area (Å²) in [4.78, 5) is 31.3. The number of nitrogens with one attached hydrogen (secondary N) is 2. The maximum absolute atomic E-state index is 12.8. The lowest BCUT2D eigenvalue weighted by atomic mass is 9.97. The second-order valence-corrected chi connectivity index (χ2v) is 7.18. The largest absolute Gasteiger partial charge is 0.394 e. The molecule has 7 nitrogen and oxygen atoms in total. The lowest BCUT2D eigenvalue weighted by Crippen LogP contribution is -2.49. The molecule has 2 aromatic rings. The maximum Gasteiger partial charge on any atom is 0.253 e. The van der Waals surface area contributed by atoms with Gasteiger partial charge in [-0.25, -0.2) is 4.98 Å². The van der Waals surface area contributed by atoms with E-state index in [1.165, 1.54) is 6.20 Å². The van der Waals surface area contributed by atoms with Crippen LogP contribution in [0.2, 0.25) is 0 Å². The van der Waals surface area contributed by atoms with Crippen LogP contribution in [-0.2, 0) is 11.3 Å². The van der Waals surface area contributed by atoms with E-state index in [0.29, 0.717) is 36.5 Å². The first kappa shape index (κ1) is 18.2. The number of aliphatic hydroxyl groups excluding tert-OH is 1. The highest BCUT2D eigenvalue weighted by molar-refractivity contribution is 6.04. The van der Waals surface area contributed by atoms with Gasteiger partial charge in [-0.2, -0.15) is 0 Å². The third-order valence-corrected chi connectivity index (χ3v) is 5.18. The number of hydrogen-bond acceptors (Lipinski definition) is 5. The molecule has 4 rings (SSSR count). The summed E-state index contributed by atoms with van der Waals surface area (Å²) in [6.45, 7) is 0.438. The van der Waals surface area contributed by atoms with Gasteiger partial charge in [0.15, 0.2) is 5.82 Å². The summed E-state index contributed by atoms with van der Waals surface area (Å²) in [5, 5.41) is 15.6. The van der Waals surface area contributed by atoms with E-state index in [1.54, 1.807) is 11.0 Å². The van der Waals surface area contributed by atoms with Crippen LogP contribution in [0.15, 0.2) is 54.7 Å². The molecule has 2 aliphatic rings. The normalized spacial score (nSPS) is 17.2. The highest BCUT2D eigenvalue weighted by atomic mass is 16.3. The Labute approximate surface area is 163 Å². The fourth-order valence-corrected chi connectivity index (χ4v) is 3.53. The third-order valence-electron chi connectivity index (χ3n) is 5.18. The van der Waals surface area contributed by atoms with Crippen molar-refractivity contribution < 1.29 is 14.7 Å². The van der Waals surface area contributed by atoms with Crippen LogP contribution < -0.4 is 15.5 Å². The molecular formula is C21H22N4O3. The first-order chi connectivity index (χ1) is 13.6. The Morgan fingerprint density at radius 3 is 2.71 bits per heavy atom. The van der Waals surface area contributed by atoms with E-state index in [-0.39, 0.29) is 25.0 Å². The number of fused-ring (bicyclic) bond motifs is 1. The molecule has 0 fully saturated rings. The fourth-order valence-electron chi connectivity index (χ4n) is 3.53. The third kappa shape index (κ3) is 3.48. The SMILES string of the molecule is O=C(NC1(CO)CC=CC1)c1cnc2c(c1)N(Cc1ccccc1)C(=O)CN2. The number of nitrogens with zero attached hydrogens (tertiary/aromatic N) is 2. The van der Waals surface area contributed by atoms with Gasteiger partial charge in [-0.05, 0) is 24.5 Å². The molecule has 0 bridgehead atoms. The molecule has 28 heavy (non-hydrogen) atoms. The van der Waals surface area contributed by atoms with Gasteiger partial charge in [0.2, 0.25) is 5.91 Å². The van der Waals surface area contributed by atoms with Gasteiger partial charge in [-0.15, -0.1) is 0 Å². The van der Waals surface area contributed by atoms with Crippen LogP contribution in [0.4, 0.5) is 11.5 Å². The summed E-state index contributed by atoms with van der Waals surface area (Å²) >= 11 is 0. The zero-order valence-corrected chi connectivity index (χ0v) is 15.4. The Hall–Kier alpha value is -3.19. The second kappa shape index (κ2) is 7.44. The zero-order chi connectivity index (χ0) is 19.6. The number of aromatic nitrogens is 1. The number of hydrogen-bond donors (Lipinski definition) is 3. The highest BCUT2D eigenvalue weighted by Crippen LogP contribution is 2.30. The van der Waals surface area contributed by atoms with Gasteiger partial charge in [0.25, 0.3) is 5.91 Å². The van der Waals surface area contributed by atoms with Crippen LogP contribution in [0, 0.1) is 0 Å². The molecule has 0 spiro atoms. The molecule has 0 atom stereocenters. The van der Waals surface area contributed by atoms with E-state index in [0.717, 1.165) is 5.56 Å². The number of carbonyl (C=O) groups is 2. The molecule has 2 amide bonds. The van der Waals surface area contributed by atoms with Crippen molar-refractivity contribution >= 4 is 23.3 Å². The van der Waals surface area contributed by atoms with Crippen molar-refractivity contribution in [2.24, 2.45) is 0 Å². The van der Waals surface area contributed by atoms with Crippen molar-refractivity contribution in [2.45, 2.75) is 24.9 Å². The average molecular weight is 378 g/mol. The van der Waals surface area contributed by atoms with Gasteiger partial charge in [0.05, 0.1) is 36.5 Å². The van der Waals surface area contributed by atoms with Crippen LogP contribution in [0.25, 0.3) is 0 Å². The number of pyridine rings is 1. The van der Waals surface area contributed by atoms with Crippen LogP contribution >= 0.6 is 0 Å². The molecule has 1 aromatic heterocycles. The predicted octanol–water partition coefficient (Wildman–Crippen LogP) is 1.85. The predicted molar refractivity (Wildman–Crippen MR) is 106 cm³/mol. The Morgan fingerprint density at radius 1 is 1.25 bits per heavy atom. The van der Waals surface area contributed by atoms with E-state index in [2.05, 4.69) is 15.6 Å². The maximum atomic E-state index is 12.8. The number of carbonyl (C=O) groups excluding carboxylic acids is 2. The minimum Gasteiger partial charge on any atom is -0.394 e. The Morgan fingerprint density at radius 2 is 2.00 bits per heavy atom. The summed E-state index contributed by atoms with van der Waals surface area (Å²) in [5.41, 5.74) is 1.27. The van der Waals surface area contributed by atoms with Gasteiger partial charge < -0.3 is 20.6 Å². The first-order valence-electron chi connectivity index (χ1n) is 9.27. The molecule has 1 aliphatic heterocycles. The molecule has 0 saturated heterocycles. The molecule has 1 aromatic carbocycles. The fraction of sp³-hybridized carbons (Fsp3) is 0.286. The number of amides is 2. The van der Waals surface area contributed by atoms with Crippen molar-refractivity contribution in [1.82, 2.24) is 10.3 Å². The molecular weight excluding hydrogens is 356 g/mol.